The maximum atomic E-state index is 10.6. The van der Waals surface area contributed by atoms with Crippen molar-refractivity contribution in [3.05, 3.63) is 29.3 Å². The van der Waals surface area contributed by atoms with Crippen molar-refractivity contribution in [2.24, 2.45) is 5.73 Å². The number of aldehydes is 1. The molecule has 3 heteroatoms. The van der Waals surface area contributed by atoms with Crippen molar-refractivity contribution in [1.82, 2.24) is 0 Å². The SMILES string of the molecule is CC.CCC(N)CCNc1ccc(C=O)cc1C. The molecular weight excluding hydrogens is 224 g/mol. The lowest BCUT2D eigenvalue weighted by Gasteiger charge is -2.12. The molecular formula is C15H26N2O. The van der Waals surface area contributed by atoms with Crippen molar-refractivity contribution in [2.45, 2.75) is 46.6 Å². The van der Waals surface area contributed by atoms with Gasteiger partial charge >= 0.3 is 0 Å². The van der Waals surface area contributed by atoms with E-state index in [2.05, 4.69) is 12.2 Å². The largest absolute Gasteiger partial charge is 0.385 e. The van der Waals surface area contributed by atoms with Crippen LogP contribution in [-0.4, -0.2) is 18.9 Å². The predicted octanol–water partition coefficient (Wildman–Crippen LogP) is 3.37. The van der Waals surface area contributed by atoms with Crippen LogP contribution in [0.5, 0.6) is 0 Å². The monoisotopic (exact) mass is 250 g/mol. The Balaban J connectivity index is 0.00000137. The molecule has 0 saturated carbocycles. The van der Waals surface area contributed by atoms with E-state index in [0.717, 1.165) is 36.9 Å². The van der Waals surface area contributed by atoms with Crippen molar-refractivity contribution in [2.75, 3.05) is 11.9 Å². The van der Waals surface area contributed by atoms with Gasteiger partial charge in [0.1, 0.15) is 6.29 Å². The summed E-state index contributed by atoms with van der Waals surface area (Å²) in [6.07, 6.45) is 2.83. The van der Waals surface area contributed by atoms with Gasteiger partial charge in [-0.1, -0.05) is 20.8 Å². The van der Waals surface area contributed by atoms with Crippen LogP contribution in [0.15, 0.2) is 18.2 Å². The van der Waals surface area contributed by atoms with Gasteiger partial charge in [0.15, 0.2) is 0 Å². The summed E-state index contributed by atoms with van der Waals surface area (Å²) in [5, 5.41) is 3.33. The zero-order chi connectivity index (χ0) is 14.0. The number of hydrogen-bond acceptors (Lipinski definition) is 3. The van der Waals surface area contributed by atoms with E-state index in [9.17, 15) is 4.79 Å². The molecule has 0 aliphatic rings. The van der Waals surface area contributed by atoms with Gasteiger partial charge < -0.3 is 11.1 Å². The number of nitrogens with two attached hydrogens (primary N) is 1. The van der Waals surface area contributed by atoms with Gasteiger partial charge in [-0.15, -0.1) is 0 Å². The smallest absolute Gasteiger partial charge is 0.150 e. The lowest BCUT2D eigenvalue weighted by molar-refractivity contribution is 0.112. The Morgan fingerprint density at radius 1 is 1.39 bits per heavy atom. The van der Waals surface area contributed by atoms with Crippen LogP contribution in [0.2, 0.25) is 0 Å². The lowest BCUT2D eigenvalue weighted by atomic mass is 10.1. The van der Waals surface area contributed by atoms with Gasteiger partial charge in [0, 0.05) is 23.8 Å². The second-order valence-electron chi connectivity index (χ2n) is 4.08. The van der Waals surface area contributed by atoms with Crippen LogP contribution in [0.25, 0.3) is 0 Å². The minimum absolute atomic E-state index is 0.266. The van der Waals surface area contributed by atoms with E-state index in [1.165, 1.54) is 0 Å². The third-order valence-electron chi connectivity index (χ3n) is 2.74. The number of aryl methyl sites for hydroxylation is 1. The predicted molar refractivity (Wildman–Crippen MR) is 79.3 cm³/mol. The number of rotatable bonds is 6. The molecule has 0 aliphatic carbocycles. The van der Waals surface area contributed by atoms with Gasteiger partial charge in [-0.3, -0.25) is 4.79 Å². The first-order chi connectivity index (χ1) is 8.67. The normalized spacial score (nSPS) is 11.2. The van der Waals surface area contributed by atoms with E-state index >= 15 is 0 Å². The third-order valence-corrected chi connectivity index (χ3v) is 2.74. The fraction of sp³-hybridized carbons (Fsp3) is 0.533. The highest BCUT2D eigenvalue weighted by Gasteiger charge is 2.01. The second-order valence-corrected chi connectivity index (χ2v) is 4.08. The Kier molecular flexibility index (Phi) is 8.93. The first-order valence-corrected chi connectivity index (χ1v) is 6.72. The molecule has 102 valence electrons. The van der Waals surface area contributed by atoms with Crippen molar-refractivity contribution in [1.29, 1.82) is 0 Å². The van der Waals surface area contributed by atoms with Gasteiger partial charge in [-0.2, -0.15) is 0 Å². The molecule has 0 bridgehead atoms. The van der Waals surface area contributed by atoms with E-state index in [1.807, 2.05) is 39.0 Å². The maximum absolute atomic E-state index is 10.6. The first kappa shape index (κ1) is 16.6. The third kappa shape index (κ3) is 5.82. The summed E-state index contributed by atoms with van der Waals surface area (Å²) in [5.41, 5.74) is 8.72. The molecule has 0 spiro atoms. The molecule has 3 nitrogen and oxygen atoms in total. The standard InChI is InChI=1S/C13H20N2O.C2H6/c1-3-12(14)6-7-15-13-5-4-11(9-16)8-10(13)2;1-2/h4-5,8-9,12,15H,3,6-7,14H2,1-2H3;1-2H3. The molecule has 0 amide bonds. The Bertz CT molecular complexity index is 350. The molecule has 0 fully saturated rings. The zero-order valence-corrected chi connectivity index (χ0v) is 12.0. The van der Waals surface area contributed by atoms with Gasteiger partial charge in [0.25, 0.3) is 0 Å². The van der Waals surface area contributed by atoms with E-state index < -0.39 is 0 Å². The van der Waals surface area contributed by atoms with E-state index in [0.29, 0.717) is 5.56 Å². The molecule has 1 unspecified atom stereocenters. The summed E-state index contributed by atoms with van der Waals surface area (Å²) in [5.74, 6) is 0. The Hall–Kier alpha value is -1.35. The summed E-state index contributed by atoms with van der Waals surface area (Å²) in [6, 6.07) is 5.91. The van der Waals surface area contributed by atoms with Crippen LogP contribution in [-0.2, 0) is 0 Å². The number of benzene rings is 1. The number of carbonyl (C=O) groups excluding carboxylic acids is 1. The highest BCUT2D eigenvalue weighted by atomic mass is 16.1. The second kappa shape index (κ2) is 9.66. The first-order valence-electron chi connectivity index (χ1n) is 6.72. The quantitative estimate of drug-likeness (QED) is 0.761. The average Bonchev–Trinajstić information content (AvgIpc) is 2.42. The highest BCUT2D eigenvalue weighted by molar-refractivity contribution is 5.76. The van der Waals surface area contributed by atoms with Crippen LogP contribution >= 0.6 is 0 Å². The molecule has 0 heterocycles. The topological polar surface area (TPSA) is 55.1 Å². The van der Waals surface area contributed by atoms with Crippen molar-refractivity contribution in [3.8, 4) is 0 Å². The van der Waals surface area contributed by atoms with Gasteiger partial charge in [0.2, 0.25) is 0 Å². The van der Waals surface area contributed by atoms with Crippen molar-refractivity contribution >= 4 is 12.0 Å². The number of hydrogen-bond donors (Lipinski definition) is 2. The van der Waals surface area contributed by atoms with Crippen LogP contribution in [0.4, 0.5) is 5.69 Å². The Morgan fingerprint density at radius 2 is 2.06 bits per heavy atom. The van der Waals surface area contributed by atoms with Gasteiger partial charge in [-0.05, 0) is 43.5 Å². The van der Waals surface area contributed by atoms with E-state index in [1.54, 1.807) is 0 Å². The van der Waals surface area contributed by atoms with E-state index in [4.69, 9.17) is 5.73 Å². The fourth-order valence-corrected chi connectivity index (χ4v) is 1.55. The Labute approximate surface area is 111 Å². The van der Waals surface area contributed by atoms with Crippen molar-refractivity contribution in [3.63, 3.8) is 0 Å². The minimum atomic E-state index is 0.266. The summed E-state index contributed by atoms with van der Waals surface area (Å²) < 4.78 is 0. The van der Waals surface area contributed by atoms with E-state index in [-0.39, 0.29) is 6.04 Å². The lowest BCUT2D eigenvalue weighted by Crippen LogP contribution is -2.22. The molecule has 0 aromatic heterocycles. The average molecular weight is 250 g/mol. The maximum Gasteiger partial charge on any atom is 0.150 e. The van der Waals surface area contributed by atoms with Gasteiger partial charge in [-0.25, -0.2) is 0 Å². The summed E-state index contributed by atoms with van der Waals surface area (Å²) >= 11 is 0. The molecule has 1 atom stereocenters. The molecule has 0 aliphatic heterocycles. The van der Waals surface area contributed by atoms with Crippen LogP contribution < -0.4 is 11.1 Å². The molecule has 1 aromatic carbocycles. The number of carbonyl (C=O) groups is 1. The molecule has 1 aromatic rings. The van der Waals surface area contributed by atoms with Crippen molar-refractivity contribution < 1.29 is 4.79 Å². The highest BCUT2D eigenvalue weighted by Crippen LogP contribution is 2.15. The number of anilines is 1. The molecule has 3 N–H and O–H groups in total. The fourth-order valence-electron chi connectivity index (χ4n) is 1.55. The van der Waals surface area contributed by atoms with Crippen LogP contribution in [0.3, 0.4) is 0 Å². The summed E-state index contributed by atoms with van der Waals surface area (Å²) in [6.45, 7) is 8.96. The van der Waals surface area contributed by atoms with Crippen LogP contribution in [0.1, 0.15) is 49.5 Å². The minimum Gasteiger partial charge on any atom is -0.385 e. The molecule has 18 heavy (non-hydrogen) atoms. The summed E-state index contributed by atoms with van der Waals surface area (Å²) in [7, 11) is 0. The van der Waals surface area contributed by atoms with Gasteiger partial charge in [0.05, 0.1) is 0 Å². The molecule has 1 rings (SSSR count). The zero-order valence-electron chi connectivity index (χ0n) is 12.0. The Morgan fingerprint density at radius 3 is 2.56 bits per heavy atom. The number of nitrogens with one attached hydrogen (secondary N) is 1. The van der Waals surface area contributed by atoms with Crippen LogP contribution in [0, 0.1) is 6.92 Å². The molecule has 0 saturated heterocycles. The molecule has 0 radical (unpaired) electrons. The summed E-state index contributed by atoms with van der Waals surface area (Å²) in [4.78, 5) is 10.6.